The van der Waals surface area contributed by atoms with Gasteiger partial charge >= 0.3 is 0 Å². The fraction of sp³-hybridized carbons (Fsp3) is 0.0870. The molecule has 3 aromatic carbocycles. The lowest BCUT2D eigenvalue weighted by Crippen LogP contribution is -1.88. The molecule has 0 amide bonds. The average molecular weight is 341 g/mol. The van der Waals surface area contributed by atoms with Crippen molar-refractivity contribution < 1.29 is 0 Å². The van der Waals surface area contributed by atoms with Gasteiger partial charge in [0.2, 0.25) is 0 Å². The summed E-state index contributed by atoms with van der Waals surface area (Å²) in [6.07, 6.45) is 5.33. The minimum atomic E-state index is 0.998. The normalized spacial score (nSPS) is 11.4. The zero-order valence-electron chi connectivity index (χ0n) is 14.1. The van der Waals surface area contributed by atoms with Gasteiger partial charge in [-0.3, -0.25) is 0 Å². The Kier molecular flexibility index (Phi) is 4.45. The summed E-state index contributed by atoms with van der Waals surface area (Å²) in [6, 6.07) is 25.4. The van der Waals surface area contributed by atoms with Crippen LogP contribution in [-0.2, 0) is 6.42 Å². The highest BCUT2D eigenvalue weighted by Gasteiger charge is 2.10. The van der Waals surface area contributed by atoms with Crippen LogP contribution in [0.1, 0.15) is 23.6 Å². The second-order valence-corrected chi connectivity index (χ2v) is 7.03. The number of rotatable bonds is 4. The lowest BCUT2D eigenvalue weighted by molar-refractivity contribution is 1.14. The molecule has 0 radical (unpaired) electrons. The highest BCUT2D eigenvalue weighted by molar-refractivity contribution is 7.21. The van der Waals surface area contributed by atoms with Crippen LogP contribution in [0.3, 0.4) is 0 Å². The van der Waals surface area contributed by atoms with Crippen molar-refractivity contribution in [3.05, 3.63) is 89.5 Å². The highest BCUT2D eigenvalue weighted by atomic mass is 32.1. The molecule has 0 aliphatic carbocycles. The van der Waals surface area contributed by atoms with Crippen molar-refractivity contribution in [1.29, 1.82) is 0 Å². The van der Waals surface area contributed by atoms with E-state index in [1.54, 1.807) is 11.3 Å². The molecule has 2 heteroatoms. The third kappa shape index (κ3) is 3.40. The molecule has 0 aliphatic heterocycles. The van der Waals surface area contributed by atoms with Gasteiger partial charge in [-0.25, -0.2) is 4.98 Å². The number of hydrogen-bond acceptors (Lipinski definition) is 2. The van der Waals surface area contributed by atoms with Crippen molar-refractivity contribution in [3.63, 3.8) is 0 Å². The van der Waals surface area contributed by atoms with Crippen molar-refractivity contribution in [2.45, 2.75) is 13.3 Å². The number of thiazole rings is 1. The number of para-hydroxylation sites is 1. The van der Waals surface area contributed by atoms with Crippen LogP contribution in [0.2, 0.25) is 0 Å². The monoisotopic (exact) mass is 341 g/mol. The van der Waals surface area contributed by atoms with Gasteiger partial charge in [-0.15, -0.1) is 11.3 Å². The van der Waals surface area contributed by atoms with Crippen molar-refractivity contribution in [1.82, 2.24) is 4.98 Å². The van der Waals surface area contributed by atoms with Crippen LogP contribution in [0.25, 0.3) is 32.9 Å². The maximum absolute atomic E-state index is 4.82. The van der Waals surface area contributed by atoms with Crippen LogP contribution in [0.5, 0.6) is 0 Å². The molecule has 4 aromatic rings. The van der Waals surface area contributed by atoms with Gasteiger partial charge in [-0.2, -0.15) is 0 Å². The summed E-state index contributed by atoms with van der Waals surface area (Å²) in [5, 5.41) is 1.11. The molecule has 0 unspecified atom stereocenters. The minimum Gasteiger partial charge on any atom is -0.236 e. The second kappa shape index (κ2) is 7.04. The third-order valence-electron chi connectivity index (χ3n) is 4.30. The largest absolute Gasteiger partial charge is 0.236 e. The van der Waals surface area contributed by atoms with Gasteiger partial charge in [0.15, 0.2) is 0 Å². The first kappa shape index (κ1) is 15.8. The first-order chi connectivity index (χ1) is 12.3. The van der Waals surface area contributed by atoms with E-state index < -0.39 is 0 Å². The minimum absolute atomic E-state index is 0.998. The summed E-state index contributed by atoms with van der Waals surface area (Å²) in [5.41, 5.74) is 6.12. The molecule has 0 atom stereocenters. The Bertz CT molecular complexity index is 995. The Morgan fingerprint density at radius 3 is 2.40 bits per heavy atom. The van der Waals surface area contributed by atoms with Crippen LogP contribution in [0.15, 0.2) is 72.8 Å². The van der Waals surface area contributed by atoms with Gasteiger partial charge < -0.3 is 0 Å². The predicted octanol–water partition coefficient (Wildman–Crippen LogP) is 6.70. The van der Waals surface area contributed by atoms with Crippen molar-refractivity contribution in [3.8, 4) is 10.6 Å². The summed E-state index contributed by atoms with van der Waals surface area (Å²) < 4.78 is 1.24. The topological polar surface area (TPSA) is 12.9 Å². The van der Waals surface area contributed by atoms with E-state index in [2.05, 4.69) is 79.7 Å². The Morgan fingerprint density at radius 2 is 1.60 bits per heavy atom. The molecule has 0 N–H and O–H groups in total. The van der Waals surface area contributed by atoms with E-state index in [1.807, 2.05) is 12.1 Å². The van der Waals surface area contributed by atoms with E-state index in [9.17, 15) is 0 Å². The Morgan fingerprint density at radius 1 is 0.840 bits per heavy atom. The maximum atomic E-state index is 4.82. The molecule has 0 aliphatic rings. The fourth-order valence-corrected chi connectivity index (χ4v) is 3.99. The molecule has 0 saturated heterocycles. The van der Waals surface area contributed by atoms with Crippen molar-refractivity contribution >= 4 is 33.7 Å². The highest BCUT2D eigenvalue weighted by Crippen LogP contribution is 2.33. The molecular formula is C23H19NS. The number of benzene rings is 3. The molecule has 1 heterocycles. The number of aryl methyl sites for hydroxylation is 1. The molecule has 25 heavy (non-hydrogen) atoms. The van der Waals surface area contributed by atoms with Crippen LogP contribution in [-0.4, -0.2) is 4.98 Å². The van der Waals surface area contributed by atoms with Gasteiger partial charge in [0, 0.05) is 5.56 Å². The first-order valence-electron chi connectivity index (χ1n) is 8.55. The predicted molar refractivity (Wildman–Crippen MR) is 110 cm³/mol. The van der Waals surface area contributed by atoms with E-state index in [4.69, 9.17) is 4.98 Å². The molecular weight excluding hydrogens is 322 g/mol. The van der Waals surface area contributed by atoms with Crippen LogP contribution >= 0.6 is 11.3 Å². The zero-order valence-corrected chi connectivity index (χ0v) is 15.0. The van der Waals surface area contributed by atoms with E-state index >= 15 is 0 Å². The van der Waals surface area contributed by atoms with Crippen LogP contribution in [0, 0.1) is 0 Å². The van der Waals surface area contributed by atoms with Gasteiger partial charge in [0.05, 0.1) is 10.2 Å². The molecule has 1 aromatic heterocycles. The van der Waals surface area contributed by atoms with Gasteiger partial charge in [0.1, 0.15) is 5.01 Å². The van der Waals surface area contributed by atoms with E-state index in [1.165, 1.54) is 27.0 Å². The summed E-state index contributed by atoms with van der Waals surface area (Å²) in [4.78, 5) is 4.82. The van der Waals surface area contributed by atoms with Gasteiger partial charge in [-0.1, -0.05) is 79.7 Å². The smallest absolute Gasteiger partial charge is 0.124 e. The SMILES string of the molecule is CCc1cc(C=Cc2ccccc2)ccc1-c1nc2ccccc2s1. The van der Waals surface area contributed by atoms with Gasteiger partial charge in [0.25, 0.3) is 0 Å². The Labute approximate surface area is 152 Å². The fourth-order valence-electron chi connectivity index (χ4n) is 2.96. The molecule has 4 rings (SSSR count). The molecule has 0 bridgehead atoms. The Hall–Kier alpha value is -2.71. The number of hydrogen-bond donors (Lipinski definition) is 0. The number of aromatic nitrogens is 1. The maximum Gasteiger partial charge on any atom is 0.124 e. The first-order valence-corrected chi connectivity index (χ1v) is 9.37. The van der Waals surface area contributed by atoms with E-state index in [0.29, 0.717) is 0 Å². The van der Waals surface area contributed by atoms with E-state index in [0.717, 1.165) is 16.9 Å². The molecule has 122 valence electrons. The molecule has 1 nitrogen and oxygen atoms in total. The molecule has 0 saturated carbocycles. The van der Waals surface area contributed by atoms with Crippen LogP contribution in [0.4, 0.5) is 0 Å². The summed E-state index contributed by atoms with van der Waals surface area (Å²) >= 11 is 1.77. The molecule has 0 fully saturated rings. The standard InChI is InChI=1S/C23H19NS/c1-2-19-16-18(13-12-17-8-4-3-5-9-17)14-15-20(19)23-24-21-10-6-7-11-22(21)25-23/h3-16H,2H2,1H3. The number of fused-ring (bicyclic) bond motifs is 1. The van der Waals surface area contributed by atoms with E-state index in [-0.39, 0.29) is 0 Å². The summed E-state index contributed by atoms with van der Waals surface area (Å²) in [6.45, 7) is 2.21. The zero-order chi connectivity index (χ0) is 17.1. The average Bonchev–Trinajstić information content (AvgIpc) is 3.11. The Balaban J connectivity index is 1.69. The third-order valence-corrected chi connectivity index (χ3v) is 5.37. The lowest BCUT2D eigenvalue weighted by Gasteiger charge is -2.06. The van der Waals surface area contributed by atoms with Crippen molar-refractivity contribution in [2.75, 3.05) is 0 Å². The summed E-state index contributed by atoms with van der Waals surface area (Å²) in [5.74, 6) is 0. The van der Waals surface area contributed by atoms with Gasteiger partial charge in [-0.05, 0) is 35.2 Å². The van der Waals surface area contributed by atoms with Crippen LogP contribution < -0.4 is 0 Å². The lowest BCUT2D eigenvalue weighted by atomic mass is 10.0. The quantitative estimate of drug-likeness (QED) is 0.376. The second-order valence-electron chi connectivity index (χ2n) is 6.00. The number of nitrogens with zero attached hydrogens (tertiary/aromatic N) is 1. The van der Waals surface area contributed by atoms with Crippen molar-refractivity contribution in [2.24, 2.45) is 0 Å². The molecule has 0 spiro atoms. The summed E-state index contributed by atoms with van der Waals surface area (Å²) in [7, 11) is 0.